The molecule has 1 atom stereocenters. The highest BCUT2D eigenvalue weighted by Crippen LogP contribution is 2.13. The van der Waals surface area contributed by atoms with Crippen LogP contribution < -0.4 is 4.74 Å². The van der Waals surface area contributed by atoms with Crippen molar-refractivity contribution in [2.24, 2.45) is 0 Å². The van der Waals surface area contributed by atoms with Crippen LogP contribution in [0.2, 0.25) is 0 Å². The van der Waals surface area contributed by atoms with Gasteiger partial charge in [0.2, 0.25) is 5.91 Å². The summed E-state index contributed by atoms with van der Waals surface area (Å²) in [4.78, 5) is 16.8. The van der Waals surface area contributed by atoms with Crippen LogP contribution in [0, 0.1) is 0 Å². The second-order valence-corrected chi connectivity index (χ2v) is 6.87. The maximum atomic E-state index is 12.4. The van der Waals surface area contributed by atoms with Gasteiger partial charge in [0.05, 0.1) is 13.0 Å². The lowest BCUT2D eigenvalue weighted by Gasteiger charge is -2.38. The third-order valence-corrected chi connectivity index (χ3v) is 4.99. The smallest absolute Gasteiger partial charge is 0.226 e. The van der Waals surface area contributed by atoms with Gasteiger partial charge in [0.15, 0.2) is 0 Å². The molecule has 0 N–H and O–H groups in total. The lowest BCUT2D eigenvalue weighted by molar-refractivity contribution is -0.133. The molecule has 1 saturated heterocycles. The summed E-state index contributed by atoms with van der Waals surface area (Å²) in [6, 6.07) is 20.8. The largest absolute Gasteiger partial charge is 0.493 e. The second-order valence-electron chi connectivity index (χ2n) is 6.87. The average Bonchev–Trinajstić information content (AvgIpc) is 2.69. The summed E-state index contributed by atoms with van der Waals surface area (Å²) in [5.41, 5.74) is 1.37. The molecular formula is C22H28N2O2. The SMILES string of the molecule is CC(Cc1ccccc1)N1CCN(C(=O)CCOc2ccccc2)CC1. The van der Waals surface area contributed by atoms with Crippen molar-refractivity contribution in [3.63, 3.8) is 0 Å². The zero-order valence-electron chi connectivity index (χ0n) is 15.5. The highest BCUT2D eigenvalue weighted by atomic mass is 16.5. The zero-order chi connectivity index (χ0) is 18.2. The first-order chi connectivity index (χ1) is 12.7. The van der Waals surface area contributed by atoms with Crippen LogP contribution in [0.15, 0.2) is 60.7 Å². The molecule has 1 heterocycles. The van der Waals surface area contributed by atoms with Crippen molar-refractivity contribution in [3.05, 3.63) is 66.2 Å². The first-order valence-corrected chi connectivity index (χ1v) is 9.46. The predicted octanol–water partition coefficient (Wildman–Crippen LogP) is 3.23. The van der Waals surface area contributed by atoms with Gasteiger partial charge in [-0.2, -0.15) is 0 Å². The molecular weight excluding hydrogens is 324 g/mol. The van der Waals surface area contributed by atoms with Crippen molar-refractivity contribution in [1.82, 2.24) is 9.80 Å². The maximum Gasteiger partial charge on any atom is 0.226 e. The summed E-state index contributed by atoms with van der Waals surface area (Å²) in [7, 11) is 0. The lowest BCUT2D eigenvalue weighted by atomic mass is 10.1. The van der Waals surface area contributed by atoms with E-state index in [0.29, 0.717) is 19.1 Å². The molecule has 0 saturated carbocycles. The summed E-state index contributed by atoms with van der Waals surface area (Å²) in [5, 5.41) is 0. The van der Waals surface area contributed by atoms with Crippen LogP contribution in [-0.2, 0) is 11.2 Å². The Balaban J connectivity index is 1.38. The molecule has 0 aromatic heterocycles. The van der Waals surface area contributed by atoms with Gasteiger partial charge < -0.3 is 9.64 Å². The van der Waals surface area contributed by atoms with Gasteiger partial charge in [0.1, 0.15) is 5.75 Å². The Hall–Kier alpha value is -2.33. The van der Waals surface area contributed by atoms with Gasteiger partial charge in [-0.3, -0.25) is 9.69 Å². The molecule has 26 heavy (non-hydrogen) atoms. The molecule has 1 unspecified atom stereocenters. The molecule has 2 aromatic rings. The van der Waals surface area contributed by atoms with E-state index < -0.39 is 0 Å². The standard InChI is InChI=1S/C22H28N2O2/c1-19(18-20-8-4-2-5-9-20)23-13-15-24(16-14-23)22(25)12-17-26-21-10-6-3-7-11-21/h2-11,19H,12-18H2,1H3. The van der Waals surface area contributed by atoms with Crippen molar-refractivity contribution in [3.8, 4) is 5.75 Å². The number of para-hydroxylation sites is 1. The highest BCUT2D eigenvalue weighted by molar-refractivity contribution is 5.76. The zero-order valence-corrected chi connectivity index (χ0v) is 15.5. The van der Waals surface area contributed by atoms with Crippen LogP contribution in [0.4, 0.5) is 0 Å². The fourth-order valence-corrected chi connectivity index (χ4v) is 3.43. The van der Waals surface area contributed by atoms with Gasteiger partial charge in [0.25, 0.3) is 0 Å². The minimum Gasteiger partial charge on any atom is -0.493 e. The normalized spacial score (nSPS) is 16.3. The number of hydrogen-bond acceptors (Lipinski definition) is 3. The average molecular weight is 352 g/mol. The number of piperazine rings is 1. The number of hydrogen-bond donors (Lipinski definition) is 0. The number of amides is 1. The van der Waals surface area contributed by atoms with E-state index in [1.54, 1.807) is 0 Å². The van der Waals surface area contributed by atoms with Gasteiger partial charge in [-0.1, -0.05) is 48.5 Å². The van der Waals surface area contributed by atoms with E-state index in [0.717, 1.165) is 38.3 Å². The van der Waals surface area contributed by atoms with Crippen LogP contribution >= 0.6 is 0 Å². The molecule has 0 radical (unpaired) electrons. The van der Waals surface area contributed by atoms with Crippen molar-refractivity contribution in [1.29, 1.82) is 0 Å². The van der Waals surface area contributed by atoms with Crippen LogP contribution in [0.5, 0.6) is 5.75 Å². The van der Waals surface area contributed by atoms with Crippen molar-refractivity contribution >= 4 is 5.91 Å². The minimum atomic E-state index is 0.191. The Bertz CT molecular complexity index is 667. The number of ether oxygens (including phenoxy) is 1. The molecule has 4 nitrogen and oxygen atoms in total. The van der Waals surface area contributed by atoms with Gasteiger partial charge in [0, 0.05) is 32.2 Å². The lowest BCUT2D eigenvalue weighted by Crippen LogP contribution is -2.51. The van der Waals surface area contributed by atoms with Crippen LogP contribution in [-0.4, -0.2) is 54.5 Å². The Morgan fingerprint density at radius 2 is 1.58 bits per heavy atom. The number of benzene rings is 2. The maximum absolute atomic E-state index is 12.4. The number of rotatable bonds is 7. The van der Waals surface area contributed by atoms with Gasteiger partial charge in [-0.05, 0) is 31.0 Å². The Labute approximate surface area is 156 Å². The molecule has 138 valence electrons. The van der Waals surface area contributed by atoms with Crippen LogP contribution in [0.1, 0.15) is 18.9 Å². The molecule has 4 heteroatoms. The second kappa shape index (κ2) is 9.39. The molecule has 0 bridgehead atoms. The summed E-state index contributed by atoms with van der Waals surface area (Å²) < 4.78 is 5.64. The topological polar surface area (TPSA) is 32.8 Å². The minimum absolute atomic E-state index is 0.191. The Kier molecular flexibility index (Phi) is 6.67. The highest BCUT2D eigenvalue weighted by Gasteiger charge is 2.23. The Morgan fingerprint density at radius 1 is 0.962 bits per heavy atom. The van der Waals surface area contributed by atoms with E-state index in [1.807, 2.05) is 35.2 Å². The molecule has 1 fully saturated rings. The van der Waals surface area contributed by atoms with Crippen LogP contribution in [0.3, 0.4) is 0 Å². The molecule has 3 rings (SSSR count). The first kappa shape index (κ1) is 18.5. The van der Waals surface area contributed by atoms with Crippen molar-refractivity contribution in [2.75, 3.05) is 32.8 Å². The summed E-state index contributed by atoms with van der Waals surface area (Å²) >= 11 is 0. The van der Waals surface area contributed by atoms with Crippen LogP contribution in [0.25, 0.3) is 0 Å². The summed E-state index contributed by atoms with van der Waals surface area (Å²) in [6.45, 7) is 6.22. The quantitative estimate of drug-likeness (QED) is 0.767. The van der Waals surface area contributed by atoms with E-state index in [4.69, 9.17) is 4.74 Å². The predicted molar refractivity (Wildman–Crippen MR) is 104 cm³/mol. The fourth-order valence-electron chi connectivity index (χ4n) is 3.43. The van der Waals surface area contributed by atoms with E-state index in [1.165, 1.54) is 5.56 Å². The monoisotopic (exact) mass is 352 g/mol. The van der Waals surface area contributed by atoms with E-state index >= 15 is 0 Å². The van der Waals surface area contributed by atoms with Crippen molar-refractivity contribution in [2.45, 2.75) is 25.8 Å². The number of nitrogens with zero attached hydrogens (tertiary/aromatic N) is 2. The fraction of sp³-hybridized carbons (Fsp3) is 0.409. The van der Waals surface area contributed by atoms with Crippen molar-refractivity contribution < 1.29 is 9.53 Å². The molecule has 0 spiro atoms. The molecule has 1 amide bonds. The van der Waals surface area contributed by atoms with Gasteiger partial charge in [-0.25, -0.2) is 0 Å². The third-order valence-electron chi connectivity index (χ3n) is 4.99. The van der Waals surface area contributed by atoms with E-state index in [-0.39, 0.29) is 5.91 Å². The molecule has 1 aliphatic rings. The van der Waals surface area contributed by atoms with Gasteiger partial charge >= 0.3 is 0 Å². The molecule has 2 aromatic carbocycles. The number of carbonyl (C=O) groups is 1. The van der Waals surface area contributed by atoms with E-state index in [9.17, 15) is 4.79 Å². The van der Waals surface area contributed by atoms with Gasteiger partial charge in [-0.15, -0.1) is 0 Å². The Morgan fingerprint density at radius 3 is 2.23 bits per heavy atom. The summed E-state index contributed by atoms with van der Waals surface area (Å²) in [6.07, 6.45) is 1.49. The molecule has 0 aliphatic carbocycles. The molecule has 1 aliphatic heterocycles. The number of carbonyl (C=O) groups excluding carboxylic acids is 1. The van der Waals surface area contributed by atoms with E-state index in [2.05, 4.69) is 42.2 Å². The third kappa shape index (κ3) is 5.33. The summed E-state index contributed by atoms with van der Waals surface area (Å²) in [5.74, 6) is 1.01. The first-order valence-electron chi connectivity index (χ1n) is 9.46.